The summed E-state index contributed by atoms with van der Waals surface area (Å²) in [5.41, 5.74) is 1.91. The zero-order valence-electron chi connectivity index (χ0n) is 11.4. The predicted molar refractivity (Wildman–Crippen MR) is 79.3 cm³/mol. The highest BCUT2D eigenvalue weighted by atomic mass is 16.1. The van der Waals surface area contributed by atoms with Crippen LogP contribution in [0.2, 0.25) is 0 Å². The lowest BCUT2D eigenvalue weighted by Gasteiger charge is -2.22. The fraction of sp³-hybridized carbons (Fsp3) is 0.333. The van der Waals surface area contributed by atoms with Crippen molar-refractivity contribution >= 4 is 23.5 Å². The second kappa shape index (κ2) is 6.18. The summed E-state index contributed by atoms with van der Waals surface area (Å²) in [7, 11) is 2.06. The van der Waals surface area contributed by atoms with Crippen LogP contribution in [0.15, 0.2) is 35.3 Å². The molecule has 1 aliphatic rings. The molecule has 0 fully saturated rings. The molecule has 1 aromatic carbocycles. The highest BCUT2D eigenvalue weighted by molar-refractivity contribution is 5.96. The van der Waals surface area contributed by atoms with E-state index in [9.17, 15) is 4.79 Å². The molecule has 0 saturated carbocycles. The smallest absolute Gasteiger partial charge is 0.221 e. The van der Waals surface area contributed by atoms with Crippen molar-refractivity contribution in [1.82, 2.24) is 4.90 Å². The van der Waals surface area contributed by atoms with Crippen molar-refractivity contribution in [3.63, 3.8) is 0 Å². The van der Waals surface area contributed by atoms with Gasteiger partial charge in [0.2, 0.25) is 5.91 Å². The number of carbonyl (C=O) groups excluding carboxylic acids is 1. The van der Waals surface area contributed by atoms with E-state index >= 15 is 0 Å². The Balaban J connectivity index is 2.03. The highest BCUT2D eigenvalue weighted by Crippen LogP contribution is 2.11. The Morgan fingerprint density at radius 2 is 2.05 bits per heavy atom. The number of hydrogen-bond donors (Lipinski definition) is 1. The minimum absolute atomic E-state index is 0.0542. The molecule has 1 aromatic rings. The van der Waals surface area contributed by atoms with Gasteiger partial charge in [-0.15, -0.1) is 0 Å². The maximum atomic E-state index is 10.9. The number of nitrogens with one attached hydrogen (secondary N) is 1. The van der Waals surface area contributed by atoms with Crippen LogP contribution in [0.5, 0.6) is 0 Å². The van der Waals surface area contributed by atoms with Crippen LogP contribution in [0, 0.1) is 0 Å². The summed E-state index contributed by atoms with van der Waals surface area (Å²) in [5.74, 6) is 0.971. The van der Waals surface area contributed by atoms with Gasteiger partial charge in [-0.2, -0.15) is 0 Å². The summed E-state index contributed by atoms with van der Waals surface area (Å²) in [6.07, 6.45) is 5.20. The summed E-state index contributed by atoms with van der Waals surface area (Å²) >= 11 is 0. The molecule has 0 aliphatic carbocycles. The Hall–Kier alpha value is -2.10. The van der Waals surface area contributed by atoms with Crippen LogP contribution >= 0.6 is 0 Å². The molecule has 0 saturated heterocycles. The molecule has 4 heteroatoms. The minimum atomic E-state index is -0.0542. The molecular weight excluding hydrogens is 238 g/mol. The van der Waals surface area contributed by atoms with E-state index in [1.165, 1.54) is 6.92 Å². The van der Waals surface area contributed by atoms with Crippen LogP contribution in [0.3, 0.4) is 0 Å². The van der Waals surface area contributed by atoms with Crippen molar-refractivity contribution in [1.29, 1.82) is 0 Å². The summed E-state index contributed by atoms with van der Waals surface area (Å²) in [6, 6.07) is 7.75. The van der Waals surface area contributed by atoms with E-state index in [1.54, 1.807) is 0 Å². The minimum Gasteiger partial charge on any atom is -0.360 e. The first-order valence-electron chi connectivity index (χ1n) is 6.46. The van der Waals surface area contributed by atoms with Crippen molar-refractivity contribution in [2.45, 2.75) is 13.3 Å². The van der Waals surface area contributed by atoms with E-state index in [0.29, 0.717) is 0 Å². The monoisotopic (exact) mass is 257 g/mol. The standard InChI is InChI=1S/C15H19N3O/c1-12(19)17-14-7-4-13(5-8-14)6-9-15-16-10-3-11-18(15)2/h4-9H,3,10-11H2,1-2H3,(H,17,19)/b9-6+. The molecule has 0 radical (unpaired) electrons. The molecule has 0 unspecified atom stereocenters. The van der Waals surface area contributed by atoms with Crippen molar-refractivity contribution in [3.05, 3.63) is 35.9 Å². The predicted octanol–water partition coefficient (Wildman–Crippen LogP) is 2.39. The number of likely N-dealkylation sites (N-methyl/N-ethyl adjacent to an activating group) is 1. The number of aliphatic imine (C=N–C) groups is 1. The first-order valence-corrected chi connectivity index (χ1v) is 6.46. The number of carbonyl (C=O) groups is 1. The van der Waals surface area contributed by atoms with Gasteiger partial charge < -0.3 is 10.2 Å². The molecule has 1 amide bonds. The second-order valence-corrected chi connectivity index (χ2v) is 4.65. The maximum absolute atomic E-state index is 10.9. The molecule has 2 rings (SSSR count). The number of nitrogens with zero attached hydrogens (tertiary/aromatic N) is 2. The normalized spacial score (nSPS) is 15.5. The third-order valence-electron chi connectivity index (χ3n) is 2.97. The van der Waals surface area contributed by atoms with Gasteiger partial charge in [0.15, 0.2) is 0 Å². The van der Waals surface area contributed by atoms with Gasteiger partial charge in [0.25, 0.3) is 0 Å². The van der Waals surface area contributed by atoms with E-state index in [1.807, 2.05) is 36.4 Å². The lowest BCUT2D eigenvalue weighted by Crippen LogP contribution is -2.30. The molecule has 1 aliphatic heterocycles. The van der Waals surface area contributed by atoms with E-state index in [2.05, 4.69) is 22.3 Å². The molecule has 0 atom stereocenters. The first kappa shape index (κ1) is 13.3. The SMILES string of the molecule is CC(=O)Nc1ccc(/C=C/C2=NCCCN2C)cc1. The van der Waals surface area contributed by atoms with Crippen LogP contribution in [0.25, 0.3) is 6.08 Å². The van der Waals surface area contributed by atoms with Crippen molar-refractivity contribution in [3.8, 4) is 0 Å². The van der Waals surface area contributed by atoms with E-state index in [4.69, 9.17) is 0 Å². The second-order valence-electron chi connectivity index (χ2n) is 4.65. The van der Waals surface area contributed by atoms with Crippen LogP contribution in [0.1, 0.15) is 18.9 Å². The lowest BCUT2D eigenvalue weighted by atomic mass is 10.2. The average Bonchev–Trinajstić information content (AvgIpc) is 2.39. The lowest BCUT2D eigenvalue weighted by molar-refractivity contribution is -0.114. The van der Waals surface area contributed by atoms with Crippen LogP contribution < -0.4 is 5.32 Å². The number of benzene rings is 1. The van der Waals surface area contributed by atoms with Crippen LogP contribution in [0.4, 0.5) is 5.69 Å². The average molecular weight is 257 g/mol. The fourth-order valence-electron chi connectivity index (χ4n) is 1.97. The van der Waals surface area contributed by atoms with Crippen molar-refractivity contribution in [2.75, 3.05) is 25.5 Å². The first-order chi connectivity index (χ1) is 9.15. The van der Waals surface area contributed by atoms with Crippen molar-refractivity contribution in [2.24, 2.45) is 4.99 Å². The highest BCUT2D eigenvalue weighted by Gasteiger charge is 2.06. The topological polar surface area (TPSA) is 44.7 Å². The Labute approximate surface area is 113 Å². The van der Waals surface area contributed by atoms with Crippen LogP contribution in [-0.4, -0.2) is 36.8 Å². The molecule has 19 heavy (non-hydrogen) atoms. The van der Waals surface area contributed by atoms with Gasteiger partial charge in [0, 0.05) is 32.7 Å². The molecule has 0 bridgehead atoms. The van der Waals surface area contributed by atoms with Gasteiger partial charge in [0.1, 0.15) is 5.84 Å². The molecule has 0 aromatic heterocycles. The van der Waals surface area contributed by atoms with Gasteiger partial charge in [-0.05, 0) is 30.2 Å². The third kappa shape index (κ3) is 3.95. The number of anilines is 1. The summed E-state index contributed by atoms with van der Waals surface area (Å²) < 4.78 is 0. The third-order valence-corrected chi connectivity index (χ3v) is 2.97. The van der Waals surface area contributed by atoms with E-state index < -0.39 is 0 Å². The van der Waals surface area contributed by atoms with Gasteiger partial charge in [0.05, 0.1) is 0 Å². The largest absolute Gasteiger partial charge is 0.360 e. The summed E-state index contributed by atoms with van der Waals surface area (Å²) in [6.45, 7) is 3.47. The molecule has 1 heterocycles. The van der Waals surface area contributed by atoms with Gasteiger partial charge in [-0.1, -0.05) is 18.2 Å². The van der Waals surface area contributed by atoms with E-state index in [-0.39, 0.29) is 5.91 Å². The van der Waals surface area contributed by atoms with Gasteiger partial charge >= 0.3 is 0 Å². The Morgan fingerprint density at radius 3 is 2.68 bits per heavy atom. The number of amidine groups is 1. The van der Waals surface area contributed by atoms with Crippen LogP contribution in [-0.2, 0) is 4.79 Å². The molecule has 0 spiro atoms. The molecule has 4 nitrogen and oxygen atoms in total. The molecule has 100 valence electrons. The molecular formula is C15H19N3O. The van der Waals surface area contributed by atoms with E-state index in [0.717, 1.165) is 36.6 Å². The van der Waals surface area contributed by atoms with Gasteiger partial charge in [-0.3, -0.25) is 9.79 Å². The number of rotatable bonds is 3. The number of hydrogen-bond acceptors (Lipinski definition) is 3. The Morgan fingerprint density at radius 1 is 1.32 bits per heavy atom. The zero-order chi connectivity index (χ0) is 13.7. The molecule has 1 N–H and O–H groups in total. The Bertz CT molecular complexity index is 503. The van der Waals surface area contributed by atoms with Gasteiger partial charge in [-0.25, -0.2) is 0 Å². The quantitative estimate of drug-likeness (QED) is 0.903. The zero-order valence-corrected chi connectivity index (χ0v) is 11.4. The summed E-state index contributed by atoms with van der Waals surface area (Å²) in [5, 5.41) is 2.75. The summed E-state index contributed by atoms with van der Waals surface area (Å²) in [4.78, 5) is 17.6. The Kier molecular flexibility index (Phi) is 4.34. The number of amides is 1. The fourth-order valence-corrected chi connectivity index (χ4v) is 1.97. The van der Waals surface area contributed by atoms with Crippen molar-refractivity contribution < 1.29 is 4.79 Å². The maximum Gasteiger partial charge on any atom is 0.221 e.